The highest BCUT2D eigenvalue weighted by Crippen LogP contribution is 2.34. The summed E-state index contributed by atoms with van der Waals surface area (Å²) in [6.07, 6.45) is 3.96. The van der Waals surface area contributed by atoms with Crippen LogP contribution in [0.25, 0.3) is 0 Å². The molecule has 9 nitrogen and oxygen atoms in total. The topological polar surface area (TPSA) is 75.0 Å². The number of hydrazine groups is 1. The fraction of sp³-hybridized carbons (Fsp3) is 0.565. The summed E-state index contributed by atoms with van der Waals surface area (Å²) in [5, 5.41) is 7.81. The summed E-state index contributed by atoms with van der Waals surface area (Å²) < 4.78 is 9.93. The van der Waals surface area contributed by atoms with Crippen LogP contribution in [0, 0.1) is 3.57 Å². The molecule has 3 aliphatic heterocycles. The van der Waals surface area contributed by atoms with Crippen molar-refractivity contribution in [1.29, 1.82) is 0 Å². The Bertz CT molecular complexity index is 1120. The number of rotatable bonds is 5. The molecule has 33 heavy (non-hydrogen) atoms. The van der Waals surface area contributed by atoms with Crippen LogP contribution in [0.1, 0.15) is 31.2 Å². The van der Waals surface area contributed by atoms with Crippen molar-refractivity contribution in [3.63, 3.8) is 0 Å². The Morgan fingerprint density at radius 2 is 2.03 bits per heavy atom. The maximum Gasteiger partial charge on any atom is 0.332 e. The maximum absolute atomic E-state index is 13.8. The smallest absolute Gasteiger partial charge is 0.332 e. The first kappa shape index (κ1) is 22.9. The number of nitrogens with zero attached hydrogens (tertiary/aromatic N) is 5. The van der Waals surface area contributed by atoms with Gasteiger partial charge in [0.2, 0.25) is 0 Å². The van der Waals surface area contributed by atoms with E-state index < -0.39 is 0 Å². The summed E-state index contributed by atoms with van der Waals surface area (Å²) in [7, 11) is 1.78. The minimum absolute atomic E-state index is 0.0794. The fourth-order valence-electron chi connectivity index (χ4n) is 4.99. The summed E-state index contributed by atoms with van der Waals surface area (Å²) in [5.41, 5.74) is 1.26. The molecule has 178 valence electrons. The highest BCUT2D eigenvalue weighted by molar-refractivity contribution is 14.1. The van der Waals surface area contributed by atoms with Gasteiger partial charge in [-0.1, -0.05) is 18.2 Å². The van der Waals surface area contributed by atoms with E-state index in [0.717, 1.165) is 42.3 Å². The molecule has 1 aromatic carbocycles. The van der Waals surface area contributed by atoms with Gasteiger partial charge in [0.05, 0.1) is 19.3 Å². The molecular weight excluding hydrogens is 535 g/mol. The van der Waals surface area contributed by atoms with Crippen LogP contribution in [0.2, 0.25) is 0 Å². The lowest BCUT2D eigenvalue weighted by Crippen LogP contribution is -2.49. The lowest BCUT2D eigenvalue weighted by molar-refractivity contribution is 0.0947. The predicted octanol–water partition coefficient (Wildman–Crippen LogP) is 1.67. The number of aromatic nitrogens is 2. The second kappa shape index (κ2) is 9.77. The van der Waals surface area contributed by atoms with E-state index in [9.17, 15) is 9.59 Å². The Morgan fingerprint density at radius 1 is 1.18 bits per heavy atom. The molecular formula is C23H31IN6O3. The fourth-order valence-corrected chi connectivity index (χ4v) is 5.55. The summed E-state index contributed by atoms with van der Waals surface area (Å²) in [6.45, 7) is 4.70. The molecule has 0 spiro atoms. The zero-order chi connectivity index (χ0) is 22.9. The van der Waals surface area contributed by atoms with E-state index in [1.807, 2.05) is 12.1 Å². The molecule has 4 heterocycles. The molecule has 10 heteroatoms. The van der Waals surface area contributed by atoms with Gasteiger partial charge in [0.15, 0.2) is 5.82 Å². The van der Waals surface area contributed by atoms with E-state index in [1.54, 1.807) is 11.6 Å². The first-order valence-electron chi connectivity index (χ1n) is 11.7. The zero-order valence-corrected chi connectivity index (χ0v) is 21.2. The third kappa shape index (κ3) is 4.45. The first-order chi connectivity index (χ1) is 16.0. The van der Waals surface area contributed by atoms with Gasteiger partial charge < -0.3 is 15.0 Å². The van der Waals surface area contributed by atoms with E-state index in [0.29, 0.717) is 44.5 Å². The molecule has 1 unspecified atom stereocenters. The van der Waals surface area contributed by atoms with Gasteiger partial charge in [0.25, 0.3) is 5.56 Å². The van der Waals surface area contributed by atoms with Crippen LogP contribution in [0.5, 0.6) is 0 Å². The van der Waals surface area contributed by atoms with E-state index in [2.05, 4.69) is 55.0 Å². The molecule has 3 aliphatic rings. The first-order valence-corrected chi connectivity index (χ1v) is 12.8. The maximum atomic E-state index is 13.8. The van der Waals surface area contributed by atoms with Crippen molar-refractivity contribution < 1.29 is 4.74 Å². The lowest BCUT2D eigenvalue weighted by Gasteiger charge is -2.33. The van der Waals surface area contributed by atoms with Gasteiger partial charge in [-0.15, -0.1) is 0 Å². The summed E-state index contributed by atoms with van der Waals surface area (Å²) >= 11 is 2.34. The Balaban J connectivity index is 1.59. The van der Waals surface area contributed by atoms with Crippen molar-refractivity contribution in [3.8, 4) is 0 Å². The second-order valence-corrected chi connectivity index (χ2v) is 10.2. The Kier molecular flexibility index (Phi) is 6.77. The molecule has 5 rings (SSSR count). The molecule has 0 saturated carbocycles. The minimum Gasteiger partial charge on any atom is -0.376 e. The van der Waals surface area contributed by atoms with E-state index in [-0.39, 0.29) is 17.4 Å². The van der Waals surface area contributed by atoms with Crippen molar-refractivity contribution in [2.24, 2.45) is 7.05 Å². The van der Waals surface area contributed by atoms with Crippen LogP contribution in [0.3, 0.4) is 0 Å². The SMILES string of the molecule is Cn1c2c(c(=O)n(CC3CCCO3)c1=O)N(Cc1ccccc1I)CN2N1CCCCNC1. The third-order valence-corrected chi connectivity index (χ3v) is 7.80. The minimum atomic E-state index is -0.279. The molecule has 0 radical (unpaired) electrons. The second-order valence-electron chi connectivity index (χ2n) is 8.99. The zero-order valence-electron chi connectivity index (χ0n) is 19.0. The molecule has 2 fully saturated rings. The van der Waals surface area contributed by atoms with Crippen LogP contribution >= 0.6 is 22.6 Å². The van der Waals surface area contributed by atoms with Gasteiger partial charge in [-0.3, -0.25) is 18.9 Å². The summed E-state index contributed by atoms with van der Waals surface area (Å²) in [5.74, 6) is 0.684. The molecule has 0 amide bonds. The number of ether oxygens (including phenoxy) is 1. The van der Waals surface area contributed by atoms with Crippen LogP contribution in [-0.4, -0.2) is 53.3 Å². The van der Waals surface area contributed by atoms with Crippen LogP contribution in [0.15, 0.2) is 33.9 Å². The number of fused-ring (bicyclic) bond motifs is 1. The molecule has 2 aromatic rings. The van der Waals surface area contributed by atoms with E-state index in [1.165, 1.54) is 10.1 Å². The normalized spacial score (nSPS) is 21.5. The number of anilines is 2. The van der Waals surface area contributed by atoms with Crippen LogP contribution in [-0.2, 0) is 24.9 Å². The van der Waals surface area contributed by atoms with Crippen molar-refractivity contribution in [2.75, 3.05) is 42.9 Å². The largest absolute Gasteiger partial charge is 0.376 e. The highest BCUT2D eigenvalue weighted by atomic mass is 127. The van der Waals surface area contributed by atoms with Crippen LogP contribution in [0.4, 0.5) is 11.5 Å². The average molecular weight is 566 g/mol. The average Bonchev–Trinajstić information content (AvgIpc) is 3.37. The summed E-state index contributed by atoms with van der Waals surface area (Å²) in [4.78, 5) is 29.3. The number of nitrogens with one attached hydrogen (secondary N) is 1. The molecule has 1 aromatic heterocycles. The predicted molar refractivity (Wildman–Crippen MR) is 136 cm³/mol. The Labute approximate surface area is 207 Å². The van der Waals surface area contributed by atoms with Gasteiger partial charge >= 0.3 is 5.69 Å². The van der Waals surface area contributed by atoms with E-state index in [4.69, 9.17) is 4.74 Å². The number of halogens is 1. The Hall–Kier alpha value is -1.89. The van der Waals surface area contributed by atoms with Crippen molar-refractivity contribution in [2.45, 2.75) is 44.9 Å². The quantitative estimate of drug-likeness (QED) is 0.553. The number of benzene rings is 1. The van der Waals surface area contributed by atoms with Gasteiger partial charge in [-0.2, -0.15) is 0 Å². The number of hydrogen-bond acceptors (Lipinski definition) is 7. The molecule has 1 N–H and O–H groups in total. The number of hydrogen-bond donors (Lipinski definition) is 1. The van der Waals surface area contributed by atoms with Gasteiger partial charge in [0.1, 0.15) is 12.4 Å². The van der Waals surface area contributed by atoms with E-state index >= 15 is 0 Å². The van der Waals surface area contributed by atoms with Crippen molar-refractivity contribution >= 4 is 34.1 Å². The molecule has 0 bridgehead atoms. The molecule has 1 atom stereocenters. The van der Waals surface area contributed by atoms with Crippen molar-refractivity contribution in [3.05, 3.63) is 54.2 Å². The Morgan fingerprint density at radius 3 is 2.82 bits per heavy atom. The lowest BCUT2D eigenvalue weighted by atomic mass is 10.2. The summed E-state index contributed by atoms with van der Waals surface area (Å²) in [6, 6.07) is 8.24. The van der Waals surface area contributed by atoms with Gasteiger partial charge in [-0.05, 0) is 66.4 Å². The third-order valence-electron chi connectivity index (χ3n) is 6.75. The standard InChI is InChI=1S/C23H31IN6O3/c1-26-21-20(22(31)29(23(26)32)14-18-8-6-12-33-18)27(13-17-7-2-3-9-19(17)24)16-30(21)28-11-5-4-10-25-15-28/h2-3,7,9,18,25H,4-6,8,10-16H2,1H3. The van der Waals surface area contributed by atoms with Crippen molar-refractivity contribution in [1.82, 2.24) is 19.5 Å². The highest BCUT2D eigenvalue weighted by Gasteiger charge is 2.37. The van der Waals surface area contributed by atoms with Gasteiger partial charge in [0, 0.05) is 30.3 Å². The monoisotopic (exact) mass is 566 g/mol. The van der Waals surface area contributed by atoms with Crippen LogP contribution < -0.4 is 26.5 Å². The molecule has 2 saturated heterocycles. The van der Waals surface area contributed by atoms with Gasteiger partial charge in [-0.25, -0.2) is 9.80 Å². The molecule has 0 aliphatic carbocycles.